The first kappa shape index (κ1) is 26.5. The number of hydrogen-bond acceptors (Lipinski definition) is 5. The lowest BCUT2D eigenvalue weighted by Crippen LogP contribution is -2.40. The predicted octanol–water partition coefficient (Wildman–Crippen LogP) is 6.55. The van der Waals surface area contributed by atoms with E-state index in [0.717, 1.165) is 6.08 Å². The Morgan fingerprint density at radius 1 is 1.09 bits per heavy atom. The minimum absolute atomic E-state index is 0.0149. The van der Waals surface area contributed by atoms with Crippen LogP contribution in [0.25, 0.3) is 5.57 Å². The van der Waals surface area contributed by atoms with Crippen molar-refractivity contribution < 1.29 is 42.0 Å². The zero-order chi connectivity index (χ0) is 26.0. The highest BCUT2D eigenvalue weighted by molar-refractivity contribution is 6.32. The molecule has 0 saturated carbocycles. The molecule has 6 nitrogen and oxygen atoms in total. The highest BCUT2D eigenvalue weighted by Crippen LogP contribution is 2.47. The number of hydrogen-bond donors (Lipinski definition) is 1. The molecular formula is C25H26ClF3O6. The van der Waals surface area contributed by atoms with Gasteiger partial charge in [0.15, 0.2) is 0 Å². The molecule has 0 saturated heterocycles. The lowest BCUT2D eigenvalue weighted by molar-refractivity contribution is -0.154. The first-order valence-electron chi connectivity index (χ1n) is 10.8. The van der Waals surface area contributed by atoms with Gasteiger partial charge in [-0.15, -0.1) is 0 Å². The number of allylic oxidation sites excluding steroid dienone is 1. The van der Waals surface area contributed by atoms with Crippen molar-refractivity contribution in [2.24, 2.45) is 0 Å². The molecule has 2 aromatic rings. The largest absolute Gasteiger partial charge is 0.490 e. The van der Waals surface area contributed by atoms with Gasteiger partial charge in [0.25, 0.3) is 0 Å². The average molecular weight is 515 g/mol. The smallest absolute Gasteiger partial charge is 0.416 e. The minimum Gasteiger partial charge on any atom is -0.490 e. The standard InChI is InChI=1S/C25H26ClF3O6/c1-5-24(4,22(30)31)34-16-8-6-15(7-9-16)32-10-11-33-21-13-20-17(12-19(21)26)18(25(27,28)29)14-23(2,3)35-20/h6-9,12-14H,5,10-11H2,1-4H3,(H,30,31). The predicted molar refractivity (Wildman–Crippen MR) is 125 cm³/mol. The van der Waals surface area contributed by atoms with Crippen LogP contribution in [0, 0.1) is 0 Å². The summed E-state index contributed by atoms with van der Waals surface area (Å²) in [7, 11) is 0. The molecule has 1 atom stereocenters. The molecule has 1 unspecified atom stereocenters. The van der Waals surface area contributed by atoms with Crippen molar-refractivity contribution in [3.63, 3.8) is 0 Å². The summed E-state index contributed by atoms with van der Waals surface area (Å²) in [6.07, 6.45) is -3.24. The van der Waals surface area contributed by atoms with Crippen molar-refractivity contribution in [3.05, 3.63) is 53.1 Å². The number of alkyl halides is 3. The van der Waals surface area contributed by atoms with E-state index in [2.05, 4.69) is 0 Å². The van der Waals surface area contributed by atoms with Gasteiger partial charge < -0.3 is 24.1 Å². The lowest BCUT2D eigenvalue weighted by Gasteiger charge is -2.32. The van der Waals surface area contributed by atoms with Gasteiger partial charge in [0.05, 0.1) is 10.6 Å². The van der Waals surface area contributed by atoms with Gasteiger partial charge in [0.2, 0.25) is 5.60 Å². The van der Waals surface area contributed by atoms with Crippen LogP contribution in [0.3, 0.4) is 0 Å². The molecule has 1 aliphatic heterocycles. The van der Waals surface area contributed by atoms with E-state index in [4.69, 9.17) is 30.5 Å². The Morgan fingerprint density at radius 3 is 2.26 bits per heavy atom. The molecule has 1 aliphatic rings. The van der Waals surface area contributed by atoms with Crippen LogP contribution in [0.15, 0.2) is 42.5 Å². The second kappa shape index (κ2) is 9.89. The quantitative estimate of drug-likeness (QED) is 0.383. The second-order valence-electron chi connectivity index (χ2n) is 8.70. The molecule has 1 N–H and O–H groups in total. The fourth-order valence-corrected chi connectivity index (χ4v) is 3.57. The molecule has 1 heterocycles. The fraction of sp³-hybridized carbons (Fsp3) is 0.400. The molecule has 0 radical (unpaired) electrons. The van der Waals surface area contributed by atoms with E-state index in [1.165, 1.54) is 32.9 Å². The maximum Gasteiger partial charge on any atom is 0.416 e. The van der Waals surface area contributed by atoms with Gasteiger partial charge in [-0.05, 0) is 63.6 Å². The highest BCUT2D eigenvalue weighted by Gasteiger charge is 2.42. The third-order valence-electron chi connectivity index (χ3n) is 5.40. The Hall–Kier alpha value is -3.07. The molecular weight excluding hydrogens is 489 g/mol. The van der Waals surface area contributed by atoms with Crippen molar-refractivity contribution >= 4 is 23.1 Å². The molecule has 35 heavy (non-hydrogen) atoms. The molecule has 3 rings (SSSR count). The van der Waals surface area contributed by atoms with Gasteiger partial charge in [-0.2, -0.15) is 13.2 Å². The van der Waals surface area contributed by atoms with E-state index in [0.29, 0.717) is 17.9 Å². The summed E-state index contributed by atoms with van der Waals surface area (Å²) in [5.41, 5.74) is -3.44. The lowest BCUT2D eigenvalue weighted by atomic mass is 9.94. The number of benzene rings is 2. The molecule has 0 aromatic heterocycles. The molecule has 0 bridgehead atoms. The molecule has 0 amide bonds. The summed E-state index contributed by atoms with van der Waals surface area (Å²) in [4.78, 5) is 11.4. The van der Waals surface area contributed by atoms with E-state index >= 15 is 0 Å². The van der Waals surface area contributed by atoms with Crippen molar-refractivity contribution in [2.75, 3.05) is 13.2 Å². The number of rotatable bonds is 9. The van der Waals surface area contributed by atoms with Crippen molar-refractivity contribution in [2.45, 2.75) is 51.5 Å². The Kier molecular flexibility index (Phi) is 7.50. The molecule has 2 aromatic carbocycles. The molecule has 0 aliphatic carbocycles. The van der Waals surface area contributed by atoms with E-state index in [9.17, 15) is 23.1 Å². The maximum atomic E-state index is 13.5. The van der Waals surface area contributed by atoms with Crippen LogP contribution in [0.1, 0.15) is 39.7 Å². The molecule has 0 fully saturated rings. The topological polar surface area (TPSA) is 74.2 Å². The monoisotopic (exact) mass is 514 g/mol. The van der Waals surface area contributed by atoms with Crippen LogP contribution in [-0.4, -0.2) is 41.7 Å². The SMILES string of the molecule is CCC(C)(Oc1ccc(OCCOc2cc3c(cc2Cl)C(C(F)(F)F)=CC(C)(C)O3)cc1)C(=O)O. The van der Waals surface area contributed by atoms with Crippen LogP contribution in [0.4, 0.5) is 13.2 Å². The highest BCUT2D eigenvalue weighted by atomic mass is 35.5. The van der Waals surface area contributed by atoms with Gasteiger partial charge in [0.1, 0.15) is 41.8 Å². The third kappa shape index (κ3) is 6.33. The van der Waals surface area contributed by atoms with Gasteiger partial charge in [0, 0.05) is 11.6 Å². The number of carbonyl (C=O) groups is 1. The van der Waals surface area contributed by atoms with Crippen LogP contribution in [-0.2, 0) is 4.79 Å². The number of halogens is 4. The number of aliphatic carboxylic acids is 1. The van der Waals surface area contributed by atoms with E-state index in [1.54, 1.807) is 31.2 Å². The van der Waals surface area contributed by atoms with E-state index in [1.807, 2.05) is 0 Å². The normalized spacial score (nSPS) is 16.3. The summed E-state index contributed by atoms with van der Waals surface area (Å²) in [6, 6.07) is 8.97. The van der Waals surface area contributed by atoms with Gasteiger partial charge >= 0.3 is 12.1 Å². The summed E-state index contributed by atoms with van der Waals surface area (Å²) in [6.45, 7) is 6.47. The molecule has 0 spiro atoms. The minimum atomic E-state index is -4.56. The zero-order valence-corrected chi connectivity index (χ0v) is 20.4. The van der Waals surface area contributed by atoms with E-state index < -0.39 is 28.9 Å². The van der Waals surface area contributed by atoms with Gasteiger partial charge in [-0.3, -0.25) is 0 Å². The Labute approximate surface area is 206 Å². The number of ether oxygens (including phenoxy) is 4. The summed E-state index contributed by atoms with van der Waals surface area (Å²) in [5, 5.41) is 9.33. The maximum absolute atomic E-state index is 13.5. The van der Waals surface area contributed by atoms with Crippen molar-refractivity contribution in [1.82, 2.24) is 0 Å². The second-order valence-corrected chi connectivity index (χ2v) is 9.11. The van der Waals surface area contributed by atoms with Crippen molar-refractivity contribution in [1.29, 1.82) is 0 Å². The van der Waals surface area contributed by atoms with Crippen LogP contribution >= 0.6 is 11.6 Å². The summed E-state index contributed by atoms with van der Waals surface area (Å²) >= 11 is 6.18. The zero-order valence-electron chi connectivity index (χ0n) is 19.7. The molecule has 10 heteroatoms. The molecule has 190 valence electrons. The van der Waals surface area contributed by atoms with Crippen LogP contribution < -0.4 is 18.9 Å². The Balaban J connectivity index is 1.61. The van der Waals surface area contributed by atoms with E-state index in [-0.39, 0.29) is 35.3 Å². The summed E-state index contributed by atoms with van der Waals surface area (Å²) in [5.74, 6) is 0.0241. The van der Waals surface area contributed by atoms with Gasteiger partial charge in [-0.25, -0.2) is 4.79 Å². The number of fused-ring (bicyclic) bond motifs is 1. The fourth-order valence-electron chi connectivity index (χ4n) is 3.36. The Morgan fingerprint density at radius 2 is 1.69 bits per heavy atom. The summed E-state index contributed by atoms with van der Waals surface area (Å²) < 4.78 is 63.0. The first-order valence-corrected chi connectivity index (χ1v) is 11.2. The van der Waals surface area contributed by atoms with Gasteiger partial charge in [-0.1, -0.05) is 18.5 Å². The first-order chi connectivity index (χ1) is 16.2. The number of carboxylic acids is 1. The Bertz CT molecular complexity index is 1110. The number of carboxylic acid groups (broad SMARTS) is 1. The average Bonchev–Trinajstić information content (AvgIpc) is 2.76. The van der Waals surface area contributed by atoms with Crippen molar-refractivity contribution in [3.8, 4) is 23.0 Å². The van der Waals surface area contributed by atoms with Crippen LogP contribution in [0.2, 0.25) is 5.02 Å². The third-order valence-corrected chi connectivity index (χ3v) is 5.69. The van der Waals surface area contributed by atoms with Crippen LogP contribution in [0.5, 0.6) is 23.0 Å².